The molecule has 196 valence electrons. The molecule has 0 radical (unpaired) electrons. The molecule has 1 aromatic heterocycles. The summed E-state index contributed by atoms with van der Waals surface area (Å²) >= 11 is 0.194. The second-order valence-electron chi connectivity index (χ2n) is 9.27. The fourth-order valence-electron chi connectivity index (χ4n) is 5.11. The SMILES string of the molecule is C(=Nc1c2ccccc2cc2ccccc12)c1ccc(C=Nc2c3ccccc3cc3ccccc23)[nH]1.[Cl][Fe][Cl]. The van der Waals surface area contributed by atoms with Crippen LogP contribution in [0.1, 0.15) is 11.4 Å². The summed E-state index contributed by atoms with van der Waals surface area (Å²) in [6.45, 7) is 0. The van der Waals surface area contributed by atoms with Gasteiger partial charge in [-0.1, -0.05) is 97.1 Å². The standard InChI is InChI=1S/C34H23N3.2ClH.Fe/c1-5-13-29-23(9-1)19-24-10-2-6-14-30(24)33(29)35-21-27-17-18-28(37-27)22-36-34-31-15-7-3-11-25(31)20-26-12-4-8-16-32(26)34;;;/h1-22,37H;2*1H;/q;;;+2/p-2. The predicted molar refractivity (Wildman–Crippen MR) is 170 cm³/mol. The maximum absolute atomic E-state index is 4.95. The Balaban J connectivity index is 0.000000925. The van der Waals surface area contributed by atoms with E-state index in [2.05, 4.69) is 114 Å². The van der Waals surface area contributed by atoms with Gasteiger partial charge in [-0.05, 0) is 45.8 Å². The number of H-pyrrole nitrogens is 1. The molecule has 0 bridgehead atoms. The minimum atomic E-state index is 0.194. The molecule has 6 heteroatoms. The van der Waals surface area contributed by atoms with E-state index in [1.165, 1.54) is 21.5 Å². The van der Waals surface area contributed by atoms with Gasteiger partial charge in [-0.25, -0.2) is 0 Å². The second kappa shape index (κ2) is 12.1. The van der Waals surface area contributed by atoms with Crippen LogP contribution in [0.3, 0.4) is 0 Å². The third-order valence-corrected chi connectivity index (χ3v) is 6.88. The van der Waals surface area contributed by atoms with E-state index in [1.807, 2.05) is 24.6 Å². The summed E-state index contributed by atoms with van der Waals surface area (Å²) in [4.78, 5) is 13.3. The maximum atomic E-state index is 4.95. The van der Waals surface area contributed by atoms with Gasteiger partial charge in [-0.3, -0.25) is 9.98 Å². The van der Waals surface area contributed by atoms with Crippen LogP contribution >= 0.6 is 20.2 Å². The normalized spacial score (nSPS) is 11.8. The van der Waals surface area contributed by atoms with Crippen LogP contribution in [0.2, 0.25) is 0 Å². The monoisotopic (exact) mass is 599 g/mol. The van der Waals surface area contributed by atoms with Crippen molar-refractivity contribution < 1.29 is 13.1 Å². The summed E-state index contributed by atoms with van der Waals surface area (Å²) in [5.41, 5.74) is 3.84. The van der Waals surface area contributed by atoms with Crippen LogP contribution in [0.15, 0.2) is 131 Å². The van der Waals surface area contributed by atoms with Crippen LogP contribution in [0.5, 0.6) is 0 Å². The molecule has 0 amide bonds. The van der Waals surface area contributed by atoms with Crippen LogP contribution in [0.4, 0.5) is 11.4 Å². The van der Waals surface area contributed by atoms with Gasteiger partial charge in [-0.2, -0.15) is 0 Å². The molecule has 1 N–H and O–H groups in total. The number of nitrogens with one attached hydrogen (secondary N) is 1. The van der Waals surface area contributed by atoms with Gasteiger partial charge >= 0.3 is 33.3 Å². The molecule has 0 aliphatic rings. The van der Waals surface area contributed by atoms with Gasteiger partial charge in [0.15, 0.2) is 0 Å². The van der Waals surface area contributed by atoms with Crippen molar-refractivity contribution in [2.24, 2.45) is 9.98 Å². The van der Waals surface area contributed by atoms with E-state index in [0.29, 0.717) is 0 Å². The molecular weight excluding hydrogens is 577 g/mol. The van der Waals surface area contributed by atoms with E-state index in [4.69, 9.17) is 30.2 Å². The quantitative estimate of drug-likeness (QED) is 0.119. The number of fused-ring (bicyclic) bond motifs is 4. The first-order valence-corrected chi connectivity index (χ1v) is 15.7. The van der Waals surface area contributed by atoms with Crippen molar-refractivity contribution in [3.05, 3.63) is 133 Å². The molecular formula is C34H23Cl2FeN3. The van der Waals surface area contributed by atoms with Gasteiger partial charge in [0.25, 0.3) is 0 Å². The molecule has 6 aromatic carbocycles. The Morgan fingerprint density at radius 2 is 0.775 bits per heavy atom. The van der Waals surface area contributed by atoms with Crippen LogP contribution in [-0.4, -0.2) is 17.4 Å². The van der Waals surface area contributed by atoms with Crippen LogP contribution in [0, 0.1) is 0 Å². The molecule has 0 unspecified atom stereocenters. The zero-order valence-electron chi connectivity index (χ0n) is 21.2. The Kier molecular flexibility index (Phi) is 7.94. The van der Waals surface area contributed by atoms with E-state index in [1.54, 1.807) is 0 Å². The van der Waals surface area contributed by atoms with E-state index >= 15 is 0 Å². The zero-order chi connectivity index (χ0) is 27.3. The molecule has 0 saturated heterocycles. The topological polar surface area (TPSA) is 40.5 Å². The van der Waals surface area contributed by atoms with Crippen molar-refractivity contribution in [1.29, 1.82) is 0 Å². The third-order valence-electron chi connectivity index (χ3n) is 6.88. The number of aliphatic imine (C=N–C) groups is 2. The second-order valence-corrected chi connectivity index (χ2v) is 11.1. The molecule has 0 aliphatic carbocycles. The van der Waals surface area contributed by atoms with E-state index < -0.39 is 0 Å². The number of benzene rings is 6. The Labute approximate surface area is 246 Å². The molecule has 0 saturated carbocycles. The summed E-state index contributed by atoms with van der Waals surface area (Å²) in [5.74, 6) is 0. The van der Waals surface area contributed by atoms with Crippen molar-refractivity contribution in [2.75, 3.05) is 0 Å². The number of aromatic amines is 1. The summed E-state index contributed by atoms with van der Waals surface area (Å²) in [7, 11) is 9.53. The number of aromatic nitrogens is 1. The minimum absolute atomic E-state index is 0.194. The summed E-state index contributed by atoms with van der Waals surface area (Å²) in [6.07, 6.45) is 3.80. The fraction of sp³-hybridized carbons (Fsp3) is 0. The molecule has 1 heterocycles. The molecule has 3 nitrogen and oxygen atoms in total. The van der Waals surface area contributed by atoms with Gasteiger partial charge in [0, 0.05) is 21.5 Å². The number of hydrogen-bond donors (Lipinski definition) is 1. The van der Waals surface area contributed by atoms with Crippen molar-refractivity contribution in [2.45, 2.75) is 0 Å². The molecule has 40 heavy (non-hydrogen) atoms. The third kappa shape index (κ3) is 5.40. The Morgan fingerprint density at radius 3 is 1.10 bits per heavy atom. The molecule has 7 rings (SSSR count). The number of hydrogen-bond acceptors (Lipinski definition) is 2. The van der Waals surface area contributed by atoms with Crippen molar-refractivity contribution in [1.82, 2.24) is 4.98 Å². The molecule has 0 spiro atoms. The van der Waals surface area contributed by atoms with Crippen LogP contribution in [0.25, 0.3) is 43.1 Å². The summed E-state index contributed by atoms with van der Waals surface area (Å²) in [6, 6.07) is 42.2. The van der Waals surface area contributed by atoms with E-state index in [-0.39, 0.29) is 13.1 Å². The summed E-state index contributed by atoms with van der Waals surface area (Å²) < 4.78 is 0. The van der Waals surface area contributed by atoms with Gasteiger partial charge in [-0.15, -0.1) is 0 Å². The average molecular weight is 600 g/mol. The first-order valence-electron chi connectivity index (χ1n) is 12.7. The van der Waals surface area contributed by atoms with Crippen LogP contribution in [-0.2, 0) is 13.1 Å². The zero-order valence-corrected chi connectivity index (χ0v) is 23.8. The van der Waals surface area contributed by atoms with E-state index in [9.17, 15) is 0 Å². The number of halogens is 2. The van der Waals surface area contributed by atoms with Gasteiger partial charge in [0.05, 0.1) is 35.2 Å². The summed E-state index contributed by atoms with van der Waals surface area (Å²) in [5, 5.41) is 9.35. The molecule has 7 aromatic rings. The van der Waals surface area contributed by atoms with Crippen molar-refractivity contribution in [3.8, 4) is 0 Å². The Morgan fingerprint density at radius 1 is 0.475 bits per heavy atom. The van der Waals surface area contributed by atoms with Gasteiger partial charge < -0.3 is 4.98 Å². The first kappa shape index (κ1) is 26.3. The van der Waals surface area contributed by atoms with E-state index in [0.717, 1.165) is 44.3 Å². The van der Waals surface area contributed by atoms with Gasteiger partial charge in [0.2, 0.25) is 0 Å². The van der Waals surface area contributed by atoms with Gasteiger partial charge in [0.1, 0.15) is 0 Å². The molecule has 0 atom stereocenters. The Hall–Kier alpha value is -3.92. The molecule has 0 aliphatic heterocycles. The van der Waals surface area contributed by atoms with Crippen LogP contribution < -0.4 is 0 Å². The first-order chi connectivity index (χ1) is 19.7. The number of nitrogens with zero attached hydrogens (tertiary/aromatic N) is 2. The molecule has 0 fully saturated rings. The Bertz CT molecular complexity index is 1780. The average Bonchev–Trinajstić information content (AvgIpc) is 3.45. The predicted octanol–water partition coefficient (Wildman–Crippen LogP) is 10.5. The van der Waals surface area contributed by atoms with Crippen molar-refractivity contribution >= 4 is 87.1 Å². The van der Waals surface area contributed by atoms with Crippen molar-refractivity contribution in [3.63, 3.8) is 0 Å². The number of rotatable bonds is 4. The fourth-order valence-corrected chi connectivity index (χ4v) is 5.11.